The number of aromatic nitrogens is 3. The smallest absolute Gasteiger partial charge is 0.273 e. The first-order chi connectivity index (χ1) is 7.95. The number of nitrogens with two attached hydrogens (primary N) is 1. The molecule has 96 valence electrons. The molecule has 2 heterocycles. The lowest BCUT2D eigenvalue weighted by atomic mass is 9.99. The number of hydrogen-bond acceptors (Lipinski definition) is 5. The van der Waals surface area contributed by atoms with Gasteiger partial charge in [-0.3, -0.25) is 0 Å². The second kappa shape index (κ2) is 4.35. The lowest BCUT2D eigenvalue weighted by molar-refractivity contribution is 0.0989. The zero-order valence-electron chi connectivity index (χ0n) is 9.83. The zero-order chi connectivity index (χ0) is 12.6. The van der Waals surface area contributed by atoms with Crippen LogP contribution >= 0.6 is 0 Å². The van der Waals surface area contributed by atoms with Crippen molar-refractivity contribution in [2.24, 2.45) is 12.2 Å². The van der Waals surface area contributed by atoms with Crippen LogP contribution in [0.15, 0.2) is 5.16 Å². The molecule has 0 amide bonds. The third kappa shape index (κ3) is 2.20. The van der Waals surface area contributed by atoms with Crippen LogP contribution in [-0.4, -0.2) is 35.9 Å². The topological polar surface area (TPSA) is 100 Å². The molecule has 17 heavy (non-hydrogen) atoms. The van der Waals surface area contributed by atoms with E-state index in [2.05, 4.69) is 10.2 Å². The molecule has 0 saturated carbocycles. The molecule has 2 N–H and O–H groups in total. The Morgan fingerprint density at radius 3 is 2.76 bits per heavy atom. The Kier molecular flexibility index (Phi) is 3.19. The zero-order valence-corrected chi connectivity index (χ0v) is 10.6. The van der Waals surface area contributed by atoms with E-state index in [1.807, 2.05) is 6.92 Å². The molecule has 2 rings (SSSR count). The molecule has 8 heteroatoms. The van der Waals surface area contributed by atoms with Crippen LogP contribution in [0.3, 0.4) is 0 Å². The predicted octanol–water partition coefficient (Wildman–Crippen LogP) is -0.255. The lowest BCUT2D eigenvalue weighted by Crippen LogP contribution is -2.20. The molecule has 0 radical (unpaired) electrons. The van der Waals surface area contributed by atoms with Crippen molar-refractivity contribution < 1.29 is 13.2 Å². The molecule has 1 aromatic heterocycles. The maximum atomic E-state index is 11.3. The summed E-state index contributed by atoms with van der Waals surface area (Å²) in [6.07, 6.45) is 1.77. The fraction of sp³-hybridized carbons (Fsp3) is 0.778. The van der Waals surface area contributed by atoms with E-state index in [4.69, 9.17) is 9.88 Å². The summed E-state index contributed by atoms with van der Waals surface area (Å²) in [6.45, 7) is 2.70. The molecule has 1 aliphatic rings. The summed E-state index contributed by atoms with van der Waals surface area (Å²) in [4.78, 5) is 0. The predicted molar refractivity (Wildman–Crippen MR) is 59.8 cm³/mol. The van der Waals surface area contributed by atoms with Gasteiger partial charge in [-0.1, -0.05) is 6.92 Å². The summed E-state index contributed by atoms with van der Waals surface area (Å²) in [5.74, 6) is 0.714. The summed E-state index contributed by atoms with van der Waals surface area (Å²) in [5, 5.41) is 12.4. The van der Waals surface area contributed by atoms with E-state index in [1.54, 1.807) is 7.05 Å². The van der Waals surface area contributed by atoms with Gasteiger partial charge in [0.2, 0.25) is 0 Å². The first kappa shape index (κ1) is 12.5. The van der Waals surface area contributed by atoms with E-state index in [0.717, 1.165) is 12.8 Å². The average Bonchev–Trinajstić information content (AvgIpc) is 2.81. The van der Waals surface area contributed by atoms with Crippen LogP contribution in [0.4, 0.5) is 0 Å². The standard InChI is InChI=1S/C9H16N4O3S/c1-3-7-6(4-5-16-7)8-11-12-9(13(8)2)17(10,14)15/h6-7H,3-5H2,1-2H3,(H2,10,14,15). The van der Waals surface area contributed by atoms with Gasteiger partial charge >= 0.3 is 0 Å². The van der Waals surface area contributed by atoms with E-state index < -0.39 is 10.0 Å². The highest BCUT2D eigenvalue weighted by atomic mass is 32.2. The molecular weight excluding hydrogens is 244 g/mol. The molecule has 1 aliphatic heterocycles. The van der Waals surface area contributed by atoms with Crippen LogP contribution < -0.4 is 5.14 Å². The van der Waals surface area contributed by atoms with Gasteiger partial charge in [-0.25, -0.2) is 13.6 Å². The van der Waals surface area contributed by atoms with Crippen LogP contribution in [0.1, 0.15) is 31.5 Å². The van der Waals surface area contributed by atoms with E-state index in [9.17, 15) is 8.42 Å². The van der Waals surface area contributed by atoms with Gasteiger partial charge in [0.05, 0.1) is 6.10 Å². The van der Waals surface area contributed by atoms with Crippen LogP contribution in [0.2, 0.25) is 0 Å². The number of hydrogen-bond donors (Lipinski definition) is 1. The van der Waals surface area contributed by atoms with Gasteiger partial charge in [0.15, 0.2) is 0 Å². The Bertz CT molecular complexity index is 510. The third-order valence-corrected chi connectivity index (χ3v) is 3.93. The maximum Gasteiger partial charge on any atom is 0.273 e. The van der Waals surface area contributed by atoms with Crippen molar-refractivity contribution in [1.82, 2.24) is 14.8 Å². The molecule has 1 fully saturated rings. The van der Waals surface area contributed by atoms with E-state index in [-0.39, 0.29) is 17.2 Å². The molecular formula is C9H16N4O3S. The average molecular weight is 260 g/mol. The SMILES string of the molecule is CCC1OCCC1c1nnc(S(N)(=O)=O)n1C. The molecule has 1 aromatic rings. The normalized spacial score (nSPS) is 25.4. The molecule has 7 nitrogen and oxygen atoms in total. The van der Waals surface area contributed by atoms with Crippen molar-refractivity contribution in [3.05, 3.63) is 5.82 Å². The van der Waals surface area contributed by atoms with Crippen molar-refractivity contribution in [1.29, 1.82) is 0 Å². The Balaban J connectivity index is 2.38. The maximum absolute atomic E-state index is 11.3. The highest BCUT2D eigenvalue weighted by molar-refractivity contribution is 7.89. The summed E-state index contributed by atoms with van der Waals surface area (Å²) in [6, 6.07) is 0. The summed E-state index contributed by atoms with van der Waals surface area (Å²) < 4.78 is 29.5. The van der Waals surface area contributed by atoms with E-state index >= 15 is 0 Å². The Hall–Kier alpha value is -0.990. The second-order valence-corrected chi connectivity index (χ2v) is 5.61. The molecule has 2 atom stereocenters. The van der Waals surface area contributed by atoms with E-state index in [0.29, 0.717) is 12.4 Å². The second-order valence-electron chi connectivity index (χ2n) is 4.16. The first-order valence-corrected chi connectivity index (χ1v) is 7.03. The molecule has 2 unspecified atom stereocenters. The van der Waals surface area contributed by atoms with Crippen molar-refractivity contribution in [3.63, 3.8) is 0 Å². The third-order valence-electron chi connectivity index (χ3n) is 3.07. The van der Waals surface area contributed by atoms with Gasteiger partial charge in [0.25, 0.3) is 15.2 Å². The Labute approximate surface area is 100 Å². The fourth-order valence-electron chi connectivity index (χ4n) is 2.24. The van der Waals surface area contributed by atoms with Crippen molar-refractivity contribution >= 4 is 10.0 Å². The van der Waals surface area contributed by atoms with Gasteiger partial charge in [0.1, 0.15) is 5.82 Å². The minimum atomic E-state index is -3.82. The highest BCUT2D eigenvalue weighted by Crippen LogP contribution is 2.32. The number of nitrogens with zero attached hydrogens (tertiary/aromatic N) is 3. The molecule has 0 aromatic carbocycles. The minimum absolute atomic E-state index is 0.0752. The van der Waals surface area contributed by atoms with Crippen LogP contribution in [0.5, 0.6) is 0 Å². The quantitative estimate of drug-likeness (QED) is 0.807. The van der Waals surface area contributed by atoms with Crippen molar-refractivity contribution in [2.45, 2.75) is 36.9 Å². The van der Waals surface area contributed by atoms with Gasteiger partial charge in [-0.2, -0.15) is 0 Å². The van der Waals surface area contributed by atoms with Gasteiger partial charge < -0.3 is 9.30 Å². The number of rotatable bonds is 3. The molecule has 1 saturated heterocycles. The van der Waals surface area contributed by atoms with Crippen LogP contribution in [0, 0.1) is 0 Å². The van der Waals surface area contributed by atoms with Crippen molar-refractivity contribution in [2.75, 3.05) is 6.61 Å². The van der Waals surface area contributed by atoms with Crippen LogP contribution in [-0.2, 0) is 21.8 Å². The number of ether oxygens (including phenoxy) is 1. The molecule has 0 aliphatic carbocycles. The lowest BCUT2D eigenvalue weighted by Gasteiger charge is -2.15. The highest BCUT2D eigenvalue weighted by Gasteiger charge is 2.33. The van der Waals surface area contributed by atoms with Gasteiger partial charge in [-0.15, -0.1) is 10.2 Å². The number of primary sulfonamides is 1. The minimum Gasteiger partial charge on any atom is -0.377 e. The Morgan fingerprint density at radius 1 is 1.53 bits per heavy atom. The summed E-state index contributed by atoms with van der Waals surface area (Å²) in [7, 11) is -2.21. The van der Waals surface area contributed by atoms with Gasteiger partial charge in [-0.05, 0) is 12.8 Å². The van der Waals surface area contributed by atoms with Crippen molar-refractivity contribution in [3.8, 4) is 0 Å². The largest absolute Gasteiger partial charge is 0.377 e. The number of sulfonamides is 1. The monoisotopic (exact) mass is 260 g/mol. The Morgan fingerprint density at radius 2 is 2.24 bits per heavy atom. The molecule has 0 spiro atoms. The van der Waals surface area contributed by atoms with Gasteiger partial charge in [0, 0.05) is 19.6 Å². The molecule has 0 bridgehead atoms. The van der Waals surface area contributed by atoms with Crippen LogP contribution in [0.25, 0.3) is 0 Å². The van der Waals surface area contributed by atoms with E-state index in [1.165, 1.54) is 4.57 Å². The summed E-state index contributed by atoms with van der Waals surface area (Å²) >= 11 is 0. The fourth-order valence-corrected chi connectivity index (χ4v) is 2.87. The summed E-state index contributed by atoms with van der Waals surface area (Å²) in [5.41, 5.74) is 0. The first-order valence-electron chi connectivity index (χ1n) is 5.48.